The molecule has 2 atom stereocenters. The van der Waals surface area contributed by atoms with E-state index < -0.39 is 0 Å². The van der Waals surface area contributed by atoms with Crippen LogP contribution in [0.1, 0.15) is 55.7 Å². The summed E-state index contributed by atoms with van der Waals surface area (Å²) in [6, 6.07) is -0.0679. The van der Waals surface area contributed by atoms with Crippen molar-refractivity contribution in [3.63, 3.8) is 0 Å². The lowest BCUT2D eigenvalue weighted by molar-refractivity contribution is 0.130. The molecule has 0 spiro atoms. The second-order valence-corrected chi connectivity index (χ2v) is 5.76. The van der Waals surface area contributed by atoms with Crippen molar-refractivity contribution in [2.75, 3.05) is 13.2 Å². The number of piperidine rings is 1. The van der Waals surface area contributed by atoms with Crippen molar-refractivity contribution < 1.29 is 14.4 Å². The van der Waals surface area contributed by atoms with Crippen LogP contribution in [0.4, 0.5) is 4.79 Å². The number of aromatic nitrogens is 1. The van der Waals surface area contributed by atoms with Gasteiger partial charge in [0.2, 0.25) is 0 Å². The number of aliphatic hydroxyl groups is 1. The number of nitrogens with one attached hydrogen (secondary N) is 1. The van der Waals surface area contributed by atoms with E-state index in [1.54, 1.807) is 0 Å². The number of hydrogen-bond donors (Lipinski definition) is 2. The quantitative estimate of drug-likeness (QED) is 0.893. The summed E-state index contributed by atoms with van der Waals surface area (Å²) in [4.78, 5) is 14.3. The summed E-state index contributed by atoms with van der Waals surface area (Å²) < 4.78 is 5.16. The molecular weight excluding hydrogens is 270 g/mol. The Bertz CT molecular complexity index is 465. The number of hydrogen-bond acceptors (Lipinski definition) is 4. The molecule has 1 aliphatic heterocycles. The molecule has 1 fully saturated rings. The number of likely N-dealkylation sites (tertiary alicyclic amines) is 1. The normalized spacial score (nSPS) is 20.4. The number of aryl methyl sites for hydroxylation is 2. The summed E-state index contributed by atoms with van der Waals surface area (Å²) in [5.41, 5.74) is 1.75. The van der Waals surface area contributed by atoms with Crippen LogP contribution in [0.3, 0.4) is 0 Å². The molecule has 0 saturated carbocycles. The van der Waals surface area contributed by atoms with Gasteiger partial charge in [0.05, 0.1) is 11.7 Å². The maximum absolute atomic E-state index is 12.5. The first-order valence-corrected chi connectivity index (χ1v) is 7.65. The number of urea groups is 1. The van der Waals surface area contributed by atoms with Crippen molar-refractivity contribution in [3.8, 4) is 0 Å². The molecule has 2 N–H and O–H groups in total. The zero-order valence-electron chi connectivity index (χ0n) is 13.1. The Labute approximate surface area is 125 Å². The van der Waals surface area contributed by atoms with E-state index in [4.69, 9.17) is 9.63 Å². The maximum atomic E-state index is 12.5. The van der Waals surface area contributed by atoms with Crippen molar-refractivity contribution in [1.82, 2.24) is 15.4 Å². The number of carbonyl (C=O) groups excluding carboxylic acids is 1. The van der Waals surface area contributed by atoms with Gasteiger partial charge < -0.3 is 19.8 Å². The fraction of sp³-hybridized carbons (Fsp3) is 0.733. The minimum Gasteiger partial charge on any atom is -0.396 e. The molecule has 1 aromatic heterocycles. The highest BCUT2D eigenvalue weighted by Crippen LogP contribution is 2.23. The molecule has 6 heteroatoms. The van der Waals surface area contributed by atoms with Crippen molar-refractivity contribution in [2.45, 2.75) is 58.5 Å². The predicted molar refractivity (Wildman–Crippen MR) is 79.0 cm³/mol. The van der Waals surface area contributed by atoms with Crippen molar-refractivity contribution >= 4 is 6.03 Å². The monoisotopic (exact) mass is 295 g/mol. The lowest BCUT2D eigenvalue weighted by Gasteiger charge is -2.36. The van der Waals surface area contributed by atoms with Gasteiger partial charge in [-0.1, -0.05) is 5.16 Å². The lowest BCUT2D eigenvalue weighted by Crippen LogP contribution is -2.49. The standard InChI is InChI=1S/C15H25N3O3/c1-10(14-11(2)17-21-12(14)3)16-15(20)18-8-5-4-6-13(18)7-9-19/h10,13,19H,4-9H2,1-3H3,(H,16,20)/t10-,13-/m0/s1. The summed E-state index contributed by atoms with van der Waals surface area (Å²) in [7, 11) is 0. The van der Waals surface area contributed by atoms with Crippen LogP contribution in [-0.4, -0.2) is 40.4 Å². The highest BCUT2D eigenvalue weighted by molar-refractivity contribution is 5.75. The first-order chi connectivity index (χ1) is 10.0. The third kappa shape index (κ3) is 3.56. The zero-order valence-corrected chi connectivity index (χ0v) is 13.1. The number of aliphatic hydroxyl groups excluding tert-OH is 1. The van der Waals surface area contributed by atoms with E-state index in [-0.39, 0.29) is 24.7 Å². The van der Waals surface area contributed by atoms with Crippen LogP contribution in [0.15, 0.2) is 4.52 Å². The molecule has 0 bridgehead atoms. The molecule has 1 aromatic rings. The molecule has 2 amide bonds. The van der Waals surface area contributed by atoms with Gasteiger partial charge in [-0.05, 0) is 46.5 Å². The van der Waals surface area contributed by atoms with Gasteiger partial charge in [0, 0.05) is 24.8 Å². The van der Waals surface area contributed by atoms with Crippen LogP contribution in [0.5, 0.6) is 0 Å². The molecule has 118 valence electrons. The zero-order chi connectivity index (χ0) is 15.4. The summed E-state index contributed by atoms with van der Waals surface area (Å²) in [5.74, 6) is 0.742. The Hall–Kier alpha value is -1.56. The second-order valence-electron chi connectivity index (χ2n) is 5.76. The molecule has 1 aliphatic rings. The average molecular weight is 295 g/mol. The molecular formula is C15H25N3O3. The molecule has 0 aliphatic carbocycles. The summed E-state index contributed by atoms with van der Waals surface area (Å²) in [5, 5.41) is 16.1. The number of nitrogens with zero attached hydrogens (tertiary/aromatic N) is 2. The average Bonchev–Trinajstić information content (AvgIpc) is 2.79. The van der Waals surface area contributed by atoms with E-state index in [0.29, 0.717) is 6.42 Å². The fourth-order valence-electron chi connectivity index (χ4n) is 3.17. The number of rotatable bonds is 4. The summed E-state index contributed by atoms with van der Waals surface area (Å²) in [6.45, 7) is 6.55. The van der Waals surface area contributed by atoms with Gasteiger partial charge in [-0.3, -0.25) is 0 Å². The first-order valence-electron chi connectivity index (χ1n) is 7.65. The van der Waals surface area contributed by atoms with E-state index in [9.17, 15) is 4.79 Å². The van der Waals surface area contributed by atoms with E-state index in [1.807, 2.05) is 25.7 Å². The Kier molecular flexibility index (Phi) is 5.22. The molecule has 1 saturated heterocycles. The van der Waals surface area contributed by atoms with Crippen LogP contribution in [0.2, 0.25) is 0 Å². The van der Waals surface area contributed by atoms with Gasteiger partial charge in [-0.2, -0.15) is 0 Å². The molecule has 6 nitrogen and oxygen atoms in total. The van der Waals surface area contributed by atoms with Crippen molar-refractivity contribution in [2.24, 2.45) is 0 Å². The van der Waals surface area contributed by atoms with Crippen molar-refractivity contribution in [1.29, 1.82) is 0 Å². The molecule has 2 heterocycles. The maximum Gasteiger partial charge on any atom is 0.318 e. The van der Waals surface area contributed by atoms with Crippen LogP contribution in [0, 0.1) is 13.8 Å². The Morgan fingerprint density at radius 3 is 2.90 bits per heavy atom. The van der Waals surface area contributed by atoms with Gasteiger partial charge in [-0.15, -0.1) is 0 Å². The van der Waals surface area contributed by atoms with Crippen LogP contribution >= 0.6 is 0 Å². The molecule has 2 rings (SSSR count). The van der Waals surface area contributed by atoms with Gasteiger partial charge in [0.1, 0.15) is 5.76 Å². The first kappa shape index (κ1) is 15.8. The molecule has 0 aromatic carbocycles. The number of amides is 2. The van der Waals surface area contributed by atoms with Crippen molar-refractivity contribution in [3.05, 3.63) is 17.0 Å². The largest absolute Gasteiger partial charge is 0.396 e. The van der Waals surface area contributed by atoms with Gasteiger partial charge in [-0.25, -0.2) is 4.79 Å². The third-order valence-corrected chi connectivity index (χ3v) is 4.21. The smallest absolute Gasteiger partial charge is 0.318 e. The highest BCUT2D eigenvalue weighted by Gasteiger charge is 2.28. The predicted octanol–water partition coefficient (Wildman–Crippen LogP) is 2.30. The highest BCUT2D eigenvalue weighted by atomic mass is 16.5. The molecule has 21 heavy (non-hydrogen) atoms. The summed E-state index contributed by atoms with van der Waals surface area (Å²) >= 11 is 0. The minimum absolute atomic E-state index is 0.0688. The van der Waals surface area contributed by atoms with E-state index in [1.165, 1.54) is 0 Å². The number of carbonyl (C=O) groups is 1. The Balaban J connectivity index is 2.02. The fourth-order valence-corrected chi connectivity index (χ4v) is 3.17. The van der Waals surface area contributed by atoms with E-state index >= 15 is 0 Å². The topological polar surface area (TPSA) is 78.6 Å². The SMILES string of the molecule is Cc1noc(C)c1[C@H](C)NC(=O)N1CCCC[C@H]1CCO. The minimum atomic E-state index is -0.138. The van der Waals surface area contributed by atoms with Crippen LogP contribution in [-0.2, 0) is 0 Å². The summed E-state index contributed by atoms with van der Waals surface area (Å²) in [6.07, 6.45) is 3.75. The molecule has 0 unspecified atom stereocenters. The molecule has 0 radical (unpaired) electrons. The lowest BCUT2D eigenvalue weighted by atomic mass is 10.00. The van der Waals surface area contributed by atoms with Crippen LogP contribution < -0.4 is 5.32 Å². The van der Waals surface area contributed by atoms with Gasteiger partial charge in [0.25, 0.3) is 0 Å². The van der Waals surface area contributed by atoms with Gasteiger partial charge in [0.15, 0.2) is 0 Å². The Morgan fingerprint density at radius 2 is 2.29 bits per heavy atom. The second kappa shape index (κ2) is 6.93. The van der Waals surface area contributed by atoms with E-state index in [0.717, 1.165) is 42.8 Å². The van der Waals surface area contributed by atoms with Gasteiger partial charge >= 0.3 is 6.03 Å². The third-order valence-electron chi connectivity index (χ3n) is 4.21. The Morgan fingerprint density at radius 1 is 1.52 bits per heavy atom. The van der Waals surface area contributed by atoms with E-state index in [2.05, 4.69) is 10.5 Å². The van der Waals surface area contributed by atoms with Crippen LogP contribution in [0.25, 0.3) is 0 Å².